The highest BCUT2D eigenvalue weighted by Crippen LogP contribution is 2.35. The van der Waals surface area contributed by atoms with Gasteiger partial charge in [-0.2, -0.15) is 0 Å². The van der Waals surface area contributed by atoms with E-state index in [9.17, 15) is 4.79 Å². The summed E-state index contributed by atoms with van der Waals surface area (Å²) in [6.07, 6.45) is 6.89. The maximum atomic E-state index is 12.2. The minimum Gasteiger partial charge on any atom is -0.294 e. The molecule has 0 unspecified atom stereocenters. The molecule has 0 fully saturated rings. The van der Waals surface area contributed by atoms with Crippen LogP contribution in [0.4, 0.5) is 0 Å². The number of carbonyl (C=O) groups is 1. The van der Waals surface area contributed by atoms with Gasteiger partial charge in [-0.15, -0.1) is 0 Å². The molecule has 0 amide bonds. The number of carbonyl (C=O) groups excluding carboxylic acids is 1. The molecule has 0 saturated heterocycles. The Labute approximate surface area is 116 Å². The molecule has 0 spiro atoms. The first-order valence-corrected chi connectivity index (χ1v) is 7.27. The third-order valence-corrected chi connectivity index (χ3v) is 3.58. The molecule has 1 aliphatic carbocycles. The Hall–Kier alpha value is -1.63. The first-order valence-electron chi connectivity index (χ1n) is 7.27. The molecule has 0 aliphatic heterocycles. The van der Waals surface area contributed by atoms with Gasteiger partial charge in [0, 0.05) is 6.42 Å². The van der Waals surface area contributed by atoms with Crippen LogP contribution in [0.2, 0.25) is 0 Å². The highest BCUT2D eigenvalue weighted by Gasteiger charge is 2.25. The van der Waals surface area contributed by atoms with Gasteiger partial charge in [0.25, 0.3) is 0 Å². The third-order valence-electron chi connectivity index (χ3n) is 3.58. The topological polar surface area (TPSA) is 17.1 Å². The summed E-state index contributed by atoms with van der Waals surface area (Å²) in [6, 6.07) is 10.3. The normalized spacial score (nSPS) is 17.6. The molecule has 19 heavy (non-hydrogen) atoms. The number of benzene rings is 1. The molecular formula is C18H22O. The van der Waals surface area contributed by atoms with Crippen molar-refractivity contribution in [2.24, 2.45) is 0 Å². The van der Waals surface area contributed by atoms with Gasteiger partial charge < -0.3 is 0 Å². The molecule has 1 nitrogen and oxygen atoms in total. The summed E-state index contributed by atoms with van der Waals surface area (Å²) in [5, 5.41) is 0. The quantitative estimate of drug-likeness (QED) is 0.727. The van der Waals surface area contributed by atoms with Gasteiger partial charge in [0.05, 0.1) is 0 Å². The average Bonchev–Trinajstić information content (AvgIpc) is 2.69. The predicted octanol–water partition coefficient (Wildman–Crippen LogP) is 4.94. The molecule has 0 heterocycles. The van der Waals surface area contributed by atoms with Crippen LogP contribution in [0, 0.1) is 0 Å². The Balaban J connectivity index is 2.35. The number of hydrogen-bond acceptors (Lipinski definition) is 1. The fourth-order valence-electron chi connectivity index (χ4n) is 2.74. The van der Waals surface area contributed by atoms with Crippen LogP contribution in [0.3, 0.4) is 0 Å². The van der Waals surface area contributed by atoms with E-state index in [0.29, 0.717) is 12.2 Å². The molecule has 0 bridgehead atoms. The monoisotopic (exact) mass is 254 g/mol. The highest BCUT2D eigenvalue weighted by atomic mass is 16.1. The number of rotatable bonds is 5. The van der Waals surface area contributed by atoms with Gasteiger partial charge in [-0.05, 0) is 35.1 Å². The molecule has 0 radical (unpaired) electrons. The van der Waals surface area contributed by atoms with Gasteiger partial charge in [-0.25, -0.2) is 0 Å². The van der Waals surface area contributed by atoms with Crippen LogP contribution in [0.25, 0.3) is 6.08 Å². The van der Waals surface area contributed by atoms with Crippen molar-refractivity contribution in [1.82, 2.24) is 0 Å². The third kappa shape index (κ3) is 3.23. The molecule has 100 valence electrons. The van der Waals surface area contributed by atoms with E-state index in [1.807, 2.05) is 18.2 Å². The van der Waals surface area contributed by atoms with E-state index >= 15 is 0 Å². The largest absolute Gasteiger partial charge is 0.294 e. The number of Topliss-reactive ketones (excluding diaryl/α,β-unsaturated/α-hetero) is 1. The molecule has 0 aromatic heterocycles. The Bertz CT molecular complexity index is 506. The molecule has 0 atom stereocenters. The maximum Gasteiger partial charge on any atom is 0.163 e. The second-order valence-electron chi connectivity index (χ2n) is 5.14. The van der Waals surface area contributed by atoms with Crippen molar-refractivity contribution in [3.05, 3.63) is 52.6 Å². The van der Waals surface area contributed by atoms with Crippen LogP contribution < -0.4 is 0 Å². The maximum absolute atomic E-state index is 12.2. The lowest BCUT2D eigenvalue weighted by molar-refractivity contribution is -0.114. The predicted molar refractivity (Wildman–Crippen MR) is 80.9 cm³/mol. The van der Waals surface area contributed by atoms with Gasteiger partial charge in [0.1, 0.15) is 0 Å². The van der Waals surface area contributed by atoms with Crippen LogP contribution >= 0.6 is 0 Å². The zero-order valence-electron chi connectivity index (χ0n) is 11.9. The molecule has 0 saturated carbocycles. The van der Waals surface area contributed by atoms with Gasteiger partial charge >= 0.3 is 0 Å². The van der Waals surface area contributed by atoms with Gasteiger partial charge in [-0.3, -0.25) is 4.79 Å². The highest BCUT2D eigenvalue weighted by molar-refractivity contribution is 6.03. The van der Waals surface area contributed by atoms with Crippen molar-refractivity contribution >= 4 is 11.9 Å². The zero-order valence-corrected chi connectivity index (χ0v) is 11.9. The summed E-state index contributed by atoms with van der Waals surface area (Å²) in [5.74, 6) is 0.340. The lowest BCUT2D eigenvalue weighted by Crippen LogP contribution is -1.95. The van der Waals surface area contributed by atoms with E-state index in [2.05, 4.69) is 32.1 Å². The van der Waals surface area contributed by atoms with Crippen molar-refractivity contribution in [3.8, 4) is 0 Å². The average molecular weight is 254 g/mol. The summed E-state index contributed by atoms with van der Waals surface area (Å²) >= 11 is 0. The Kier molecular flexibility index (Phi) is 4.73. The summed E-state index contributed by atoms with van der Waals surface area (Å²) < 4.78 is 0. The summed E-state index contributed by atoms with van der Waals surface area (Å²) in [5.41, 5.74) is 4.84. The first-order chi connectivity index (χ1) is 9.26. The zero-order chi connectivity index (χ0) is 13.7. The van der Waals surface area contributed by atoms with Crippen molar-refractivity contribution in [3.63, 3.8) is 0 Å². The van der Waals surface area contributed by atoms with Crippen LogP contribution in [0.15, 0.2) is 47.1 Å². The lowest BCUT2D eigenvalue weighted by atomic mass is 9.98. The SMILES string of the molecule is CCCC1=C(CCC)/C(=C/c2ccccc2)CC1=O. The van der Waals surface area contributed by atoms with Gasteiger partial charge in [0.2, 0.25) is 0 Å². The molecule has 1 heteroatoms. The second-order valence-corrected chi connectivity index (χ2v) is 5.14. The van der Waals surface area contributed by atoms with Gasteiger partial charge in [0.15, 0.2) is 5.78 Å². The molecular weight excluding hydrogens is 232 g/mol. The second kappa shape index (κ2) is 6.51. The van der Waals surface area contributed by atoms with Crippen molar-refractivity contribution in [1.29, 1.82) is 0 Å². The Morgan fingerprint density at radius 3 is 2.26 bits per heavy atom. The van der Waals surface area contributed by atoms with Crippen LogP contribution in [0.1, 0.15) is 51.5 Å². The standard InChI is InChI=1S/C18H22O/c1-3-8-16-15(12-14-10-6-5-7-11-14)13-18(19)17(16)9-4-2/h5-7,10-12H,3-4,8-9,13H2,1-2H3/b15-12+. The van der Waals surface area contributed by atoms with Gasteiger partial charge in [-0.1, -0.05) is 63.1 Å². The van der Waals surface area contributed by atoms with E-state index in [-0.39, 0.29) is 0 Å². The molecule has 2 rings (SSSR count). The van der Waals surface area contributed by atoms with E-state index in [0.717, 1.165) is 31.3 Å². The van der Waals surface area contributed by atoms with E-state index in [4.69, 9.17) is 0 Å². The molecule has 0 N–H and O–H groups in total. The minimum atomic E-state index is 0.340. The van der Waals surface area contributed by atoms with Crippen LogP contribution in [-0.2, 0) is 4.79 Å². The van der Waals surface area contributed by atoms with Crippen LogP contribution in [-0.4, -0.2) is 5.78 Å². The minimum absolute atomic E-state index is 0.340. The fourth-order valence-corrected chi connectivity index (χ4v) is 2.74. The summed E-state index contributed by atoms with van der Waals surface area (Å²) in [7, 11) is 0. The number of hydrogen-bond donors (Lipinski definition) is 0. The molecule has 1 aromatic rings. The van der Waals surface area contributed by atoms with E-state index in [1.165, 1.54) is 16.7 Å². The van der Waals surface area contributed by atoms with Crippen molar-refractivity contribution in [2.75, 3.05) is 0 Å². The molecule has 1 aliphatic rings. The van der Waals surface area contributed by atoms with Crippen molar-refractivity contribution < 1.29 is 4.79 Å². The van der Waals surface area contributed by atoms with Crippen molar-refractivity contribution in [2.45, 2.75) is 46.0 Å². The number of ketones is 1. The smallest absolute Gasteiger partial charge is 0.163 e. The van der Waals surface area contributed by atoms with Crippen LogP contribution in [0.5, 0.6) is 0 Å². The first kappa shape index (κ1) is 13.8. The Morgan fingerprint density at radius 1 is 1.00 bits per heavy atom. The van der Waals surface area contributed by atoms with E-state index in [1.54, 1.807) is 0 Å². The Morgan fingerprint density at radius 2 is 1.63 bits per heavy atom. The molecule has 1 aromatic carbocycles. The fraction of sp³-hybridized carbons (Fsp3) is 0.389. The summed E-state index contributed by atoms with van der Waals surface area (Å²) in [4.78, 5) is 12.2. The van der Waals surface area contributed by atoms with E-state index < -0.39 is 0 Å². The summed E-state index contributed by atoms with van der Waals surface area (Å²) in [6.45, 7) is 4.32. The lowest BCUT2D eigenvalue weighted by Gasteiger charge is -2.06. The number of allylic oxidation sites excluding steroid dienone is 3.